The van der Waals surface area contributed by atoms with Crippen molar-refractivity contribution < 1.29 is 38.1 Å². The zero-order valence-corrected chi connectivity index (χ0v) is 26.9. The Morgan fingerprint density at radius 3 is 2.15 bits per heavy atom. The van der Waals surface area contributed by atoms with Crippen LogP contribution in [-0.4, -0.2) is 92.9 Å². The molecule has 1 aromatic heterocycles. The number of nitrogens with one attached hydrogen (secondary N) is 2. The summed E-state index contributed by atoms with van der Waals surface area (Å²) < 4.78 is 22.0. The van der Waals surface area contributed by atoms with Crippen LogP contribution in [0.4, 0.5) is 4.79 Å². The molecule has 3 amide bonds. The number of hydrogen-bond acceptors (Lipinski definition) is 9. The number of aryl methyl sites for hydroxylation is 1. The molecule has 1 spiro atoms. The number of benzene rings is 2. The average molecular weight is 629 g/mol. The van der Waals surface area contributed by atoms with E-state index in [4.69, 9.17) is 18.9 Å². The monoisotopic (exact) mass is 628 g/mol. The number of urea groups is 1. The zero-order valence-electron chi connectivity index (χ0n) is 26.9. The van der Waals surface area contributed by atoms with E-state index in [2.05, 4.69) is 10.3 Å². The minimum absolute atomic E-state index is 0.00187. The third-order valence-electron chi connectivity index (χ3n) is 9.34. The molecule has 1 unspecified atom stereocenters. The lowest BCUT2D eigenvalue weighted by Gasteiger charge is -2.42. The fourth-order valence-corrected chi connectivity index (χ4v) is 7.07. The minimum atomic E-state index is -1.70. The summed E-state index contributed by atoms with van der Waals surface area (Å²) in [5.41, 5.74) is 2.33. The standard InChI is InChI=1S/C34H36N4O8/c1-17-8-9-21(43-4)20-14-34(32(41)37(2)33(42)38(34)3)27-26(24(17)20)30(40)28-25(29(27)39)19(16-36-28)10-11-35-15-18-12-22(44-5)31(46-7)23(13-18)45-6/h8-9,12-13,16,35-36H,10-11,14-15H2,1-7H3. The number of imide groups is 1. The summed E-state index contributed by atoms with van der Waals surface area (Å²) in [5, 5.41) is 3.38. The summed E-state index contributed by atoms with van der Waals surface area (Å²) >= 11 is 0. The van der Waals surface area contributed by atoms with E-state index in [9.17, 15) is 19.2 Å². The molecule has 2 aliphatic carbocycles. The number of hydrogen-bond donors (Lipinski definition) is 2. The van der Waals surface area contributed by atoms with Crippen molar-refractivity contribution in [3.8, 4) is 23.0 Å². The van der Waals surface area contributed by atoms with Gasteiger partial charge in [0.2, 0.25) is 11.5 Å². The Morgan fingerprint density at radius 2 is 1.57 bits per heavy atom. The molecule has 46 heavy (non-hydrogen) atoms. The first-order valence-electron chi connectivity index (χ1n) is 14.8. The third-order valence-corrected chi connectivity index (χ3v) is 9.34. The summed E-state index contributed by atoms with van der Waals surface area (Å²) in [4.78, 5) is 61.6. The number of amides is 3. The predicted octanol–water partition coefficient (Wildman–Crippen LogP) is 3.34. The fourth-order valence-electron chi connectivity index (χ4n) is 7.07. The van der Waals surface area contributed by atoms with Gasteiger partial charge in [-0.2, -0.15) is 0 Å². The normalized spacial score (nSPS) is 18.7. The number of allylic oxidation sites excluding steroid dienone is 1. The predicted molar refractivity (Wildman–Crippen MR) is 168 cm³/mol. The number of likely N-dealkylation sites (N-methyl/N-ethyl adjacent to an activating group) is 2. The van der Waals surface area contributed by atoms with E-state index < -0.39 is 29.0 Å². The Kier molecular flexibility index (Phi) is 7.63. The van der Waals surface area contributed by atoms with Crippen LogP contribution in [0.5, 0.6) is 23.0 Å². The van der Waals surface area contributed by atoms with E-state index in [1.165, 1.54) is 26.1 Å². The lowest BCUT2D eigenvalue weighted by atomic mass is 9.65. The van der Waals surface area contributed by atoms with E-state index in [1.807, 2.05) is 25.1 Å². The van der Waals surface area contributed by atoms with Crippen molar-refractivity contribution in [2.24, 2.45) is 0 Å². The summed E-state index contributed by atoms with van der Waals surface area (Å²) in [7, 11) is 9.06. The molecule has 6 rings (SSSR count). The van der Waals surface area contributed by atoms with Crippen LogP contribution >= 0.6 is 0 Å². The number of carbonyl (C=O) groups excluding carboxylic acids is 4. The van der Waals surface area contributed by atoms with E-state index >= 15 is 0 Å². The Balaban J connectivity index is 1.36. The zero-order chi connectivity index (χ0) is 33.1. The molecule has 3 aliphatic rings. The maximum atomic E-state index is 14.6. The molecule has 12 heteroatoms. The van der Waals surface area contributed by atoms with Gasteiger partial charge in [-0.05, 0) is 60.3 Å². The van der Waals surface area contributed by atoms with Crippen LogP contribution in [0.3, 0.4) is 0 Å². The van der Waals surface area contributed by atoms with Crippen molar-refractivity contribution in [1.29, 1.82) is 0 Å². The third kappa shape index (κ3) is 4.23. The van der Waals surface area contributed by atoms with Gasteiger partial charge in [-0.15, -0.1) is 0 Å². The van der Waals surface area contributed by atoms with Gasteiger partial charge in [0.15, 0.2) is 22.8 Å². The number of carbonyl (C=O) groups is 4. The number of aromatic nitrogens is 1. The Bertz CT molecular complexity index is 1830. The topological polar surface area (TPSA) is 140 Å². The second-order valence-corrected chi connectivity index (χ2v) is 11.6. The SMILES string of the molecule is COc1ccc(C)c2c1CC1(C(=O)N(C)C(=O)N1C)C1=C2C(=O)c2[nH]cc(CCNCc3cc(OC)c(OC)c(OC)c3)c2C1=O. The summed E-state index contributed by atoms with van der Waals surface area (Å²) in [6, 6.07) is 6.76. The van der Waals surface area contributed by atoms with Crippen LogP contribution in [-0.2, 0) is 24.2 Å². The Labute approximate surface area is 266 Å². The van der Waals surface area contributed by atoms with Crippen LogP contribution in [0.25, 0.3) is 5.57 Å². The van der Waals surface area contributed by atoms with E-state index in [1.54, 1.807) is 33.6 Å². The quantitative estimate of drug-likeness (QED) is 0.270. The summed E-state index contributed by atoms with van der Waals surface area (Å²) in [5.74, 6) is 0.653. The molecule has 2 N–H and O–H groups in total. The first-order valence-corrected chi connectivity index (χ1v) is 14.8. The number of rotatable bonds is 9. The van der Waals surface area contributed by atoms with Gasteiger partial charge in [0.25, 0.3) is 5.91 Å². The van der Waals surface area contributed by atoms with E-state index in [0.29, 0.717) is 59.2 Å². The molecule has 1 atom stereocenters. The van der Waals surface area contributed by atoms with Crippen LogP contribution in [0.15, 0.2) is 36.0 Å². The molecule has 0 saturated carbocycles. The van der Waals surface area contributed by atoms with Gasteiger partial charge in [0.1, 0.15) is 5.75 Å². The summed E-state index contributed by atoms with van der Waals surface area (Å²) in [6.07, 6.45) is 2.09. The van der Waals surface area contributed by atoms with Crippen molar-refractivity contribution in [1.82, 2.24) is 20.1 Å². The second-order valence-electron chi connectivity index (χ2n) is 11.6. The highest BCUT2D eigenvalue weighted by Crippen LogP contribution is 2.51. The average Bonchev–Trinajstić information content (AvgIpc) is 3.56. The highest BCUT2D eigenvalue weighted by Gasteiger charge is 2.63. The van der Waals surface area contributed by atoms with Gasteiger partial charge in [-0.25, -0.2) is 4.79 Å². The molecular weight excluding hydrogens is 592 g/mol. The van der Waals surface area contributed by atoms with Gasteiger partial charge in [-0.3, -0.25) is 19.3 Å². The molecule has 3 aromatic rings. The number of Topliss-reactive ketones (excluding diaryl/α,β-unsaturated/α-hetero) is 2. The highest BCUT2D eigenvalue weighted by atomic mass is 16.5. The molecule has 12 nitrogen and oxygen atoms in total. The molecule has 0 radical (unpaired) electrons. The van der Waals surface area contributed by atoms with Gasteiger partial charge in [0, 0.05) is 50.0 Å². The number of methoxy groups -OCH3 is 4. The van der Waals surface area contributed by atoms with E-state index in [0.717, 1.165) is 16.0 Å². The first-order chi connectivity index (χ1) is 22.0. The number of nitrogens with zero attached hydrogens (tertiary/aromatic N) is 2. The molecule has 2 heterocycles. The van der Waals surface area contributed by atoms with Gasteiger partial charge < -0.3 is 34.1 Å². The van der Waals surface area contributed by atoms with Crippen molar-refractivity contribution in [3.63, 3.8) is 0 Å². The molecule has 1 fully saturated rings. The van der Waals surface area contributed by atoms with Crippen molar-refractivity contribution in [2.75, 3.05) is 49.1 Å². The molecule has 2 aromatic carbocycles. The highest BCUT2D eigenvalue weighted by molar-refractivity contribution is 6.43. The summed E-state index contributed by atoms with van der Waals surface area (Å²) in [6.45, 7) is 2.80. The maximum absolute atomic E-state index is 14.6. The number of fused-ring (bicyclic) bond motifs is 4. The Hall–Kier alpha value is -5.10. The lowest BCUT2D eigenvalue weighted by molar-refractivity contribution is -0.130. The largest absolute Gasteiger partial charge is 0.496 e. The maximum Gasteiger partial charge on any atom is 0.327 e. The van der Waals surface area contributed by atoms with Crippen LogP contribution in [0.1, 0.15) is 48.7 Å². The van der Waals surface area contributed by atoms with Crippen molar-refractivity contribution >= 4 is 29.1 Å². The molecular formula is C34H36N4O8. The van der Waals surface area contributed by atoms with Gasteiger partial charge in [-0.1, -0.05) is 6.07 Å². The molecule has 1 saturated heterocycles. The van der Waals surface area contributed by atoms with Crippen molar-refractivity contribution in [3.05, 3.63) is 75.1 Å². The number of H-pyrrole nitrogens is 1. The second kappa shape index (κ2) is 11.4. The fraction of sp³-hybridized carbons (Fsp3) is 0.353. The minimum Gasteiger partial charge on any atom is -0.496 e. The molecule has 1 aliphatic heterocycles. The smallest absolute Gasteiger partial charge is 0.327 e. The van der Waals surface area contributed by atoms with Crippen LogP contribution in [0.2, 0.25) is 0 Å². The van der Waals surface area contributed by atoms with Gasteiger partial charge in [0.05, 0.1) is 39.7 Å². The molecule has 0 bridgehead atoms. The first kappa shape index (κ1) is 30.9. The van der Waals surface area contributed by atoms with Crippen LogP contribution in [0, 0.1) is 6.92 Å². The molecule has 240 valence electrons. The number of ketones is 2. The van der Waals surface area contributed by atoms with E-state index in [-0.39, 0.29) is 28.8 Å². The number of ether oxygens (including phenoxy) is 4. The van der Waals surface area contributed by atoms with Gasteiger partial charge >= 0.3 is 6.03 Å². The van der Waals surface area contributed by atoms with Crippen LogP contribution < -0.4 is 24.3 Å². The number of aromatic amines is 1. The lowest BCUT2D eigenvalue weighted by Crippen LogP contribution is -2.56. The Morgan fingerprint density at radius 1 is 0.891 bits per heavy atom. The van der Waals surface area contributed by atoms with Crippen molar-refractivity contribution in [2.45, 2.75) is 31.8 Å².